The second kappa shape index (κ2) is 7.29. The number of hydrogen-bond donors (Lipinski definition) is 1. The van der Waals surface area contributed by atoms with E-state index in [1.54, 1.807) is 4.68 Å². The van der Waals surface area contributed by atoms with Crippen LogP contribution in [-0.4, -0.2) is 40.0 Å². The Morgan fingerprint density at radius 3 is 2.94 bits per heavy atom. The molecule has 6 heteroatoms. The first-order chi connectivity index (χ1) is 7.79. The van der Waals surface area contributed by atoms with Gasteiger partial charge in [-0.25, -0.2) is 4.68 Å². The monoisotopic (exact) mass is 227 g/mol. The van der Waals surface area contributed by atoms with E-state index in [-0.39, 0.29) is 6.04 Å². The van der Waals surface area contributed by atoms with Gasteiger partial charge >= 0.3 is 0 Å². The molecule has 1 atom stereocenters. The summed E-state index contributed by atoms with van der Waals surface area (Å²) in [6, 6.07) is 0.177. The van der Waals surface area contributed by atoms with Crippen LogP contribution in [0.25, 0.3) is 0 Å². The third-order valence-electron chi connectivity index (χ3n) is 2.30. The van der Waals surface area contributed by atoms with E-state index in [4.69, 9.17) is 4.74 Å². The summed E-state index contributed by atoms with van der Waals surface area (Å²) in [7, 11) is 0. The van der Waals surface area contributed by atoms with E-state index in [0.29, 0.717) is 13.2 Å². The second-order valence-corrected chi connectivity index (χ2v) is 3.63. The fourth-order valence-electron chi connectivity index (χ4n) is 1.43. The first kappa shape index (κ1) is 13.1. The lowest BCUT2D eigenvalue weighted by Gasteiger charge is -2.12. The highest BCUT2D eigenvalue weighted by Crippen LogP contribution is 2.06. The van der Waals surface area contributed by atoms with Crippen LogP contribution in [0.1, 0.15) is 39.1 Å². The molecule has 1 N–H and O–H groups in total. The van der Waals surface area contributed by atoms with Gasteiger partial charge in [-0.15, -0.1) is 5.10 Å². The minimum Gasteiger partial charge on any atom is -0.380 e. The maximum absolute atomic E-state index is 5.29. The molecule has 1 aromatic rings. The Hall–Kier alpha value is -1.01. The first-order valence-electron chi connectivity index (χ1n) is 5.86. The summed E-state index contributed by atoms with van der Waals surface area (Å²) in [6.07, 6.45) is 1.10. The molecule has 1 rings (SSSR count). The molecule has 92 valence electrons. The number of tetrazole rings is 1. The van der Waals surface area contributed by atoms with E-state index >= 15 is 0 Å². The second-order valence-electron chi connectivity index (χ2n) is 3.63. The molecule has 6 nitrogen and oxygen atoms in total. The van der Waals surface area contributed by atoms with Crippen molar-refractivity contribution in [1.82, 2.24) is 25.5 Å². The highest BCUT2D eigenvalue weighted by Gasteiger charge is 2.12. The molecule has 0 aromatic carbocycles. The average Bonchev–Trinajstić information content (AvgIpc) is 2.74. The van der Waals surface area contributed by atoms with Gasteiger partial charge in [-0.05, 0) is 37.2 Å². The van der Waals surface area contributed by atoms with Gasteiger partial charge in [-0.3, -0.25) is 0 Å². The van der Waals surface area contributed by atoms with Crippen LogP contribution >= 0.6 is 0 Å². The van der Waals surface area contributed by atoms with Crippen LogP contribution in [0.15, 0.2) is 0 Å². The van der Waals surface area contributed by atoms with Crippen LogP contribution in [0.3, 0.4) is 0 Å². The molecule has 1 unspecified atom stereocenters. The molecule has 0 spiro atoms. The lowest BCUT2D eigenvalue weighted by molar-refractivity contribution is 0.134. The third kappa shape index (κ3) is 3.86. The van der Waals surface area contributed by atoms with E-state index in [1.807, 2.05) is 6.92 Å². The molecule has 1 heterocycles. The van der Waals surface area contributed by atoms with Crippen LogP contribution in [0.5, 0.6) is 0 Å². The lowest BCUT2D eigenvalue weighted by Crippen LogP contribution is -2.24. The average molecular weight is 227 g/mol. The van der Waals surface area contributed by atoms with Crippen LogP contribution in [0.4, 0.5) is 0 Å². The van der Waals surface area contributed by atoms with Gasteiger partial charge in [0.1, 0.15) is 0 Å². The van der Waals surface area contributed by atoms with Crippen molar-refractivity contribution in [3.8, 4) is 0 Å². The fraction of sp³-hybridized carbons (Fsp3) is 0.900. The zero-order valence-electron chi connectivity index (χ0n) is 10.3. The molecule has 0 aliphatic heterocycles. The van der Waals surface area contributed by atoms with Gasteiger partial charge in [0.15, 0.2) is 5.82 Å². The van der Waals surface area contributed by atoms with Crippen LogP contribution < -0.4 is 5.32 Å². The molecule has 0 saturated heterocycles. The summed E-state index contributed by atoms with van der Waals surface area (Å²) in [4.78, 5) is 0. The lowest BCUT2D eigenvalue weighted by atomic mass is 10.3. The fourth-order valence-corrected chi connectivity index (χ4v) is 1.43. The van der Waals surface area contributed by atoms with E-state index in [1.165, 1.54) is 0 Å². The van der Waals surface area contributed by atoms with Crippen molar-refractivity contribution >= 4 is 0 Å². The third-order valence-corrected chi connectivity index (χ3v) is 2.30. The summed E-state index contributed by atoms with van der Waals surface area (Å²) < 4.78 is 7.08. The number of ether oxygens (including phenoxy) is 1. The zero-order chi connectivity index (χ0) is 11.8. The summed E-state index contributed by atoms with van der Waals surface area (Å²) >= 11 is 0. The van der Waals surface area contributed by atoms with Gasteiger partial charge in [0, 0.05) is 6.61 Å². The molecule has 16 heavy (non-hydrogen) atoms. The van der Waals surface area contributed by atoms with Crippen LogP contribution in [-0.2, 0) is 11.3 Å². The largest absolute Gasteiger partial charge is 0.380 e. The molecule has 0 aliphatic carbocycles. The molecular formula is C10H21N5O. The maximum atomic E-state index is 5.29. The predicted octanol–water partition coefficient (Wildman–Crippen LogP) is 0.770. The minimum atomic E-state index is 0.177. The van der Waals surface area contributed by atoms with Gasteiger partial charge in [0.05, 0.1) is 19.2 Å². The molecule has 0 bridgehead atoms. The van der Waals surface area contributed by atoms with Crippen molar-refractivity contribution in [2.75, 3.05) is 19.8 Å². The highest BCUT2D eigenvalue weighted by molar-refractivity contribution is 4.89. The minimum absolute atomic E-state index is 0.177. The molecule has 0 amide bonds. The Kier molecular flexibility index (Phi) is 5.95. The molecule has 0 radical (unpaired) electrons. The Morgan fingerprint density at radius 2 is 2.25 bits per heavy atom. The Bertz CT molecular complexity index is 288. The standard InChI is InChI=1S/C10H21N5O/c1-4-6-11-9(3)10-12-13-14-15(10)7-8-16-5-2/h9,11H,4-8H2,1-3H3. The van der Waals surface area contributed by atoms with Crippen LogP contribution in [0, 0.1) is 0 Å². The summed E-state index contributed by atoms with van der Waals surface area (Å²) in [5.41, 5.74) is 0. The highest BCUT2D eigenvalue weighted by atomic mass is 16.5. The van der Waals surface area contributed by atoms with Crippen molar-refractivity contribution < 1.29 is 4.74 Å². The van der Waals surface area contributed by atoms with E-state index in [0.717, 1.165) is 25.4 Å². The Balaban J connectivity index is 2.48. The number of aromatic nitrogens is 4. The van der Waals surface area contributed by atoms with E-state index in [2.05, 4.69) is 34.7 Å². The molecular weight excluding hydrogens is 206 g/mol. The SMILES string of the molecule is CCCNC(C)c1nnnn1CCOCC. The maximum Gasteiger partial charge on any atom is 0.168 e. The number of hydrogen-bond acceptors (Lipinski definition) is 5. The van der Waals surface area contributed by atoms with Crippen molar-refractivity contribution in [1.29, 1.82) is 0 Å². The topological polar surface area (TPSA) is 64.9 Å². The number of rotatable bonds is 8. The summed E-state index contributed by atoms with van der Waals surface area (Å²) in [5.74, 6) is 0.869. The van der Waals surface area contributed by atoms with Crippen molar-refractivity contribution in [2.45, 2.75) is 39.8 Å². The van der Waals surface area contributed by atoms with E-state index < -0.39 is 0 Å². The van der Waals surface area contributed by atoms with Crippen molar-refractivity contribution in [3.63, 3.8) is 0 Å². The quantitative estimate of drug-likeness (QED) is 0.665. The van der Waals surface area contributed by atoms with Gasteiger partial charge in [-0.2, -0.15) is 0 Å². The molecule has 0 fully saturated rings. The molecule has 0 saturated carbocycles. The Labute approximate surface area is 96.4 Å². The van der Waals surface area contributed by atoms with Crippen molar-refractivity contribution in [3.05, 3.63) is 5.82 Å². The van der Waals surface area contributed by atoms with Gasteiger partial charge in [-0.1, -0.05) is 6.92 Å². The number of nitrogens with zero attached hydrogens (tertiary/aromatic N) is 4. The smallest absolute Gasteiger partial charge is 0.168 e. The zero-order valence-corrected chi connectivity index (χ0v) is 10.3. The normalized spacial score (nSPS) is 12.9. The Morgan fingerprint density at radius 1 is 1.44 bits per heavy atom. The van der Waals surface area contributed by atoms with Crippen molar-refractivity contribution in [2.24, 2.45) is 0 Å². The van der Waals surface area contributed by atoms with Gasteiger partial charge in [0.2, 0.25) is 0 Å². The van der Waals surface area contributed by atoms with Gasteiger partial charge in [0.25, 0.3) is 0 Å². The summed E-state index contributed by atoms with van der Waals surface area (Å²) in [6.45, 7) is 9.23. The van der Waals surface area contributed by atoms with E-state index in [9.17, 15) is 0 Å². The first-order valence-corrected chi connectivity index (χ1v) is 5.86. The van der Waals surface area contributed by atoms with Gasteiger partial charge < -0.3 is 10.1 Å². The summed E-state index contributed by atoms with van der Waals surface area (Å²) in [5, 5.41) is 15.0. The number of nitrogens with one attached hydrogen (secondary N) is 1. The van der Waals surface area contributed by atoms with Crippen LogP contribution in [0.2, 0.25) is 0 Å². The molecule has 1 aromatic heterocycles. The molecule has 0 aliphatic rings. The predicted molar refractivity (Wildman–Crippen MR) is 61.0 cm³/mol.